The third-order valence-electron chi connectivity index (χ3n) is 1.88. The van der Waals surface area contributed by atoms with Gasteiger partial charge in [-0.25, -0.2) is 0 Å². The molecule has 0 spiro atoms. The number of hydrogen-bond donors (Lipinski definition) is 1. The molecule has 53 valence electrons. The smallest absolute Gasteiger partial charge is 0.00195 e. The molecule has 0 saturated heterocycles. The van der Waals surface area contributed by atoms with Crippen LogP contribution in [0.3, 0.4) is 0 Å². The van der Waals surface area contributed by atoms with E-state index in [1.165, 1.54) is 38.5 Å². The van der Waals surface area contributed by atoms with Crippen molar-refractivity contribution in [1.29, 1.82) is 0 Å². The van der Waals surface area contributed by atoms with Crippen LogP contribution in [0.4, 0.5) is 0 Å². The summed E-state index contributed by atoms with van der Waals surface area (Å²) in [4.78, 5) is 0. The van der Waals surface area contributed by atoms with Gasteiger partial charge in [0.2, 0.25) is 0 Å². The summed E-state index contributed by atoms with van der Waals surface area (Å²) in [5.74, 6) is 0. The molecule has 1 heteroatoms. The number of hydrogen-bond acceptors (Lipinski definition) is 1. The summed E-state index contributed by atoms with van der Waals surface area (Å²) in [5, 5.41) is 0.658. The summed E-state index contributed by atoms with van der Waals surface area (Å²) in [6.45, 7) is 0. The van der Waals surface area contributed by atoms with E-state index in [1.807, 2.05) is 0 Å². The van der Waals surface area contributed by atoms with Crippen LogP contribution in [0.2, 0.25) is 0 Å². The van der Waals surface area contributed by atoms with Crippen LogP contribution in [0.25, 0.3) is 0 Å². The molecule has 1 aliphatic carbocycles. The molecule has 1 rings (SSSR count). The quantitative estimate of drug-likeness (QED) is 0.495. The zero-order chi connectivity index (χ0) is 6.53. The lowest BCUT2D eigenvalue weighted by Crippen LogP contribution is -2.01. The van der Waals surface area contributed by atoms with Gasteiger partial charge in [-0.3, -0.25) is 0 Å². The fourth-order valence-electron chi connectivity index (χ4n) is 1.27. The lowest BCUT2D eigenvalue weighted by molar-refractivity contribution is 0.575. The summed E-state index contributed by atoms with van der Waals surface area (Å²) in [6.07, 6.45) is 10.5. The first-order valence-corrected chi connectivity index (χ1v) is 4.41. The van der Waals surface area contributed by atoms with E-state index >= 15 is 0 Å². The van der Waals surface area contributed by atoms with E-state index in [-0.39, 0.29) is 0 Å². The zero-order valence-electron chi connectivity index (χ0n) is 5.84. The van der Waals surface area contributed by atoms with Crippen LogP contribution >= 0.6 is 12.6 Å². The average molecular weight is 143 g/mol. The molecule has 1 fully saturated rings. The maximum Gasteiger partial charge on any atom is 0.00195 e. The van der Waals surface area contributed by atoms with Crippen LogP contribution in [0.15, 0.2) is 0 Å². The van der Waals surface area contributed by atoms with Crippen LogP contribution < -0.4 is 0 Å². The highest BCUT2D eigenvalue weighted by atomic mass is 32.1. The first-order chi connectivity index (χ1) is 4.39. The molecule has 1 atom stereocenters. The van der Waals surface area contributed by atoms with Gasteiger partial charge in [0.05, 0.1) is 0 Å². The average Bonchev–Trinajstić information content (AvgIpc) is 1.79. The normalized spacial score (nSPS) is 25.0. The third kappa shape index (κ3) is 3.14. The van der Waals surface area contributed by atoms with Gasteiger partial charge in [-0.2, -0.15) is 12.6 Å². The van der Waals surface area contributed by atoms with Crippen LogP contribution in [0.5, 0.6) is 0 Å². The molecule has 1 aliphatic rings. The van der Waals surface area contributed by atoms with Gasteiger partial charge in [-0.15, -0.1) is 0 Å². The van der Waals surface area contributed by atoms with Gasteiger partial charge in [-0.1, -0.05) is 25.7 Å². The van der Waals surface area contributed by atoms with Gasteiger partial charge in [0.15, 0.2) is 0 Å². The van der Waals surface area contributed by atoms with Gasteiger partial charge in [-0.05, 0) is 19.3 Å². The van der Waals surface area contributed by atoms with Gasteiger partial charge in [0.1, 0.15) is 0 Å². The lowest BCUT2D eigenvalue weighted by Gasteiger charge is -2.12. The van der Waals surface area contributed by atoms with Crippen molar-refractivity contribution in [1.82, 2.24) is 0 Å². The Morgan fingerprint density at radius 2 is 2.11 bits per heavy atom. The summed E-state index contributed by atoms with van der Waals surface area (Å²) < 4.78 is 0. The molecule has 1 saturated carbocycles. The monoisotopic (exact) mass is 143 g/mol. The highest BCUT2D eigenvalue weighted by Crippen LogP contribution is 2.19. The molecule has 1 unspecified atom stereocenters. The number of rotatable bonds is 0. The second-order valence-electron chi connectivity index (χ2n) is 2.82. The van der Waals surface area contributed by atoms with Crippen LogP contribution in [0, 0.1) is 6.42 Å². The summed E-state index contributed by atoms with van der Waals surface area (Å²) in [6, 6.07) is 0. The van der Waals surface area contributed by atoms with E-state index in [1.54, 1.807) is 0 Å². The van der Waals surface area contributed by atoms with E-state index in [9.17, 15) is 0 Å². The van der Waals surface area contributed by atoms with Gasteiger partial charge in [0.25, 0.3) is 0 Å². The van der Waals surface area contributed by atoms with E-state index in [4.69, 9.17) is 0 Å². The topological polar surface area (TPSA) is 0 Å². The molecule has 0 aromatic rings. The minimum Gasteiger partial charge on any atom is -0.176 e. The largest absolute Gasteiger partial charge is 0.176 e. The Kier molecular flexibility index (Phi) is 3.49. The predicted molar refractivity (Wildman–Crippen MR) is 44.8 cm³/mol. The Morgan fingerprint density at radius 1 is 1.22 bits per heavy atom. The lowest BCUT2D eigenvalue weighted by atomic mass is 10.0. The van der Waals surface area contributed by atoms with E-state index < -0.39 is 0 Å². The highest BCUT2D eigenvalue weighted by Gasteiger charge is 2.05. The molecule has 0 aliphatic heterocycles. The van der Waals surface area contributed by atoms with Gasteiger partial charge in [0, 0.05) is 5.25 Å². The van der Waals surface area contributed by atoms with Crippen LogP contribution in [-0.2, 0) is 0 Å². The standard InChI is InChI=1S/C8H15S/c9-8-6-4-2-1-3-5-7-8/h4,8-9H,1-3,5-7H2. The molecule has 0 amide bonds. The molecular weight excluding hydrogens is 128 g/mol. The van der Waals surface area contributed by atoms with E-state index in [0.717, 1.165) is 0 Å². The predicted octanol–water partition coefficient (Wildman–Crippen LogP) is 2.84. The fourth-order valence-corrected chi connectivity index (χ4v) is 1.61. The molecule has 0 nitrogen and oxygen atoms in total. The molecule has 0 aromatic heterocycles. The Hall–Kier alpha value is 0.350. The summed E-state index contributed by atoms with van der Waals surface area (Å²) in [5.41, 5.74) is 0. The Balaban J connectivity index is 2.12. The maximum absolute atomic E-state index is 4.45. The second kappa shape index (κ2) is 4.21. The van der Waals surface area contributed by atoms with E-state index in [0.29, 0.717) is 5.25 Å². The van der Waals surface area contributed by atoms with E-state index in [2.05, 4.69) is 19.0 Å². The first-order valence-electron chi connectivity index (χ1n) is 3.89. The minimum atomic E-state index is 0.658. The first kappa shape index (κ1) is 7.46. The van der Waals surface area contributed by atoms with Crippen molar-refractivity contribution in [2.24, 2.45) is 0 Å². The van der Waals surface area contributed by atoms with Crippen LogP contribution in [-0.4, -0.2) is 5.25 Å². The van der Waals surface area contributed by atoms with Crippen molar-refractivity contribution in [3.8, 4) is 0 Å². The molecule has 0 N–H and O–H groups in total. The Bertz CT molecular complexity index is 63.0. The Morgan fingerprint density at radius 3 is 3.00 bits per heavy atom. The Labute approximate surface area is 63.4 Å². The summed E-state index contributed by atoms with van der Waals surface area (Å²) in [7, 11) is 0. The van der Waals surface area contributed by atoms with Crippen molar-refractivity contribution in [2.75, 3.05) is 0 Å². The summed E-state index contributed by atoms with van der Waals surface area (Å²) >= 11 is 4.45. The van der Waals surface area contributed by atoms with Crippen LogP contribution in [0.1, 0.15) is 38.5 Å². The second-order valence-corrected chi connectivity index (χ2v) is 3.55. The molecule has 0 bridgehead atoms. The molecule has 9 heavy (non-hydrogen) atoms. The third-order valence-corrected chi connectivity index (χ3v) is 2.35. The van der Waals surface area contributed by atoms with Crippen molar-refractivity contribution in [2.45, 2.75) is 43.8 Å². The maximum atomic E-state index is 4.45. The SMILES string of the molecule is SC1C[CH]CCCCC1. The highest BCUT2D eigenvalue weighted by molar-refractivity contribution is 7.80. The molecule has 0 aromatic carbocycles. The van der Waals surface area contributed by atoms with Crippen molar-refractivity contribution < 1.29 is 0 Å². The van der Waals surface area contributed by atoms with Crippen molar-refractivity contribution in [3.63, 3.8) is 0 Å². The molecule has 0 heterocycles. The van der Waals surface area contributed by atoms with Gasteiger partial charge < -0.3 is 0 Å². The van der Waals surface area contributed by atoms with Crippen molar-refractivity contribution in [3.05, 3.63) is 6.42 Å². The van der Waals surface area contributed by atoms with Crippen molar-refractivity contribution >= 4 is 12.6 Å². The van der Waals surface area contributed by atoms with Gasteiger partial charge >= 0.3 is 0 Å². The number of thiol groups is 1. The molecular formula is C8H15S. The zero-order valence-corrected chi connectivity index (χ0v) is 6.74. The fraction of sp³-hybridized carbons (Fsp3) is 0.875. The minimum absolute atomic E-state index is 0.658. The molecule has 1 radical (unpaired) electrons.